The van der Waals surface area contributed by atoms with E-state index < -0.39 is 0 Å². The van der Waals surface area contributed by atoms with Gasteiger partial charge < -0.3 is 5.73 Å². The Morgan fingerprint density at radius 2 is 2.00 bits per heavy atom. The average Bonchev–Trinajstić information content (AvgIpc) is 2.50. The van der Waals surface area contributed by atoms with Gasteiger partial charge in [0.1, 0.15) is 0 Å². The molecule has 0 unspecified atom stereocenters. The smallest absolute Gasteiger partial charge is 0.0282 e. The minimum absolute atomic E-state index is 0.482. The Kier molecular flexibility index (Phi) is 3.73. The van der Waals surface area contributed by atoms with Crippen molar-refractivity contribution in [3.05, 3.63) is 0 Å². The molecule has 0 aromatic rings. The molecule has 1 rings (SSSR count). The predicted molar refractivity (Wildman–Crippen MR) is 53.0 cm³/mol. The molecule has 0 atom stereocenters. The molecule has 1 aliphatic carbocycles. The SMILES string of the molecule is CCCSC1(CN)CCCC1. The summed E-state index contributed by atoms with van der Waals surface area (Å²) in [7, 11) is 0. The molecule has 0 saturated heterocycles. The van der Waals surface area contributed by atoms with Crippen LogP contribution in [0.5, 0.6) is 0 Å². The third-order valence-corrected chi connectivity index (χ3v) is 4.30. The maximum atomic E-state index is 5.79. The summed E-state index contributed by atoms with van der Waals surface area (Å²) in [5.74, 6) is 1.29. The van der Waals surface area contributed by atoms with Gasteiger partial charge in [0.25, 0.3) is 0 Å². The van der Waals surface area contributed by atoms with Gasteiger partial charge in [0.15, 0.2) is 0 Å². The molecule has 0 spiro atoms. The largest absolute Gasteiger partial charge is 0.329 e. The molecule has 1 saturated carbocycles. The van der Waals surface area contributed by atoms with Crippen molar-refractivity contribution < 1.29 is 0 Å². The first kappa shape index (κ1) is 9.40. The normalized spacial score (nSPS) is 22.4. The van der Waals surface area contributed by atoms with Crippen molar-refractivity contribution in [3.63, 3.8) is 0 Å². The van der Waals surface area contributed by atoms with Crippen LogP contribution < -0.4 is 5.73 Å². The lowest BCUT2D eigenvalue weighted by Crippen LogP contribution is -2.31. The molecule has 0 aliphatic heterocycles. The fraction of sp³-hybridized carbons (Fsp3) is 1.00. The van der Waals surface area contributed by atoms with Crippen molar-refractivity contribution in [1.29, 1.82) is 0 Å². The zero-order valence-electron chi connectivity index (χ0n) is 7.44. The first-order valence-electron chi connectivity index (χ1n) is 4.67. The molecule has 0 bridgehead atoms. The van der Waals surface area contributed by atoms with Crippen LogP contribution in [0, 0.1) is 0 Å². The van der Waals surface area contributed by atoms with Crippen molar-refractivity contribution in [2.45, 2.75) is 43.8 Å². The highest BCUT2D eigenvalue weighted by atomic mass is 32.2. The highest BCUT2D eigenvalue weighted by Gasteiger charge is 2.32. The standard InChI is InChI=1S/C9H19NS/c1-2-7-11-9(8-10)5-3-4-6-9/h2-8,10H2,1H3. The molecule has 1 fully saturated rings. The molecule has 1 aliphatic rings. The first-order chi connectivity index (χ1) is 5.33. The summed E-state index contributed by atoms with van der Waals surface area (Å²) in [6.45, 7) is 3.13. The number of thioether (sulfide) groups is 1. The summed E-state index contributed by atoms with van der Waals surface area (Å²) < 4.78 is 0.482. The van der Waals surface area contributed by atoms with Crippen LogP contribution in [0.15, 0.2) is 0 Å². The maximum Gasteiger partial charge on any atom is 0.0282 e. The maximum absolute atomic E-state index is 5.79. The van der Waals surface area contributed by atoms with E-state index in [1.807, 2.05) is 0 Å². The molecular formula is C9H19NS. The van der Waals surface area contributed by atoms with Crippen LogP contribution in [0.1, 0.15) is 39.0 Å². The molecule has 0 amide bonds. The van der Waals surface area contributed by atoms with Crippen LogP contribution in [-0.4, -0.2) is 17.0 Å². The lowest BCUT2D eigenvalue weighted by atomic mass is 10.1. The van der Waals surface area contributed by atoms with Crippen molar-refractivity contribution in [3.8, 4) is 0 Å². The first-order valence-corrected chi connectivity index (χ1v) is 5.65. The minimum atomic E-state index is 0.482. The van der Waals surface area contributed by atoms with Gasteiger partial charge in [-0.1, -0.05) is 19.8 Å². The van der Waals surface area contributed by atoms with E-state index in [0.29, 0.717) is 4.75 Å². The molecule has 11 heavy (non-hydrogen) atoms. The van der Waals surface area contributed by atoms with E-state index in [1.165, 1.54) is 37.9 Å². The Labute approximate surface area is 74.1 Å². The van der Waals surface area contributed by atoms with Gasteiger partial charge in [0.2, 0.25) is 0 Å². The average molecular weight is 173 g/mol. The number of nitrogens with two attached hydrogens (primary N) is 1. The van der Waals surface area contributed by atoms with Gasteiger partial charge in [-0.3, -0.25) is 0 Å². The van der Waals surface area contributed by atoms with E-state index in [2.05, 4.69) is 18.7 Å². The van der Waals surface area contributed by atoms with Crippen LogP contribution in [-0.2, 0) is 0 Å². The summed E-state index contributed by atoms with van der Waals surface area (Å²) >= 11 is 2.11. The van der Waals surface area contributed by atoms with Crippen LogP contribution in [0.3, 0.4) is 0 Å². The van der Waals surface area contributed by atoms with Crippen LogP contribution in [0.4, 0.5) is 0 Å². The highest BCUT2D eigenvalue weighted by Crippen LogP contribution is 2.40. The van der Waals surface area contributed by atoms with E-state index in [4.69, 9.17) is 5.73 Å². The number of hydrogen-bond donors (Lipinski definition) is 1. The molecule has 66 valence electrons. The van der Waals surface area contributed by atoms with E-state index in [-0.39, 0.29) is 0 Å². The third kappa shape index (κ3) is 2.38. The van der Waals surface area contributed by atoms with Crippen molar-refractivity contribution in [2.24, 2.45) is 5.73 Å². The Morgan fingerprint density at radius 3 is 2.45 bits per heavy atom. The lowest BCUT2D eigenvalue weighted by molar-refractivity contribution is 0.618. The van der Waals surface area contributed by atoms with Gasteiger partial charge in [-0.25, -0.2) is 0 Å². The van der Waals surface area contributed by atoms with Crippen molar-refractivity contribution in [1.82, 2.24) is 0 Å². The van der Waals surface area contributed by atoms with E-state index in [9.17, 15) is 0 Å². The van der Waals surface area contributed by atoms with Gasteiger partial charge in [-0.05, 0) is 25.0 Å². The monoisotopic (exact) mass is 173 g/mol. The second kappa shape index (κ2) is 4.36. The Morgan fingerprint density at radius 1 is 1.36 bits per heavy atom. The van der Waals surface area contributed by atoms with Gasteiger partial charge >= 0.3 is 0 Å². The minimum Gasteiger partial charge on any atom is -0.329 e. The summed E-state index contributed by atoms with van der Waals surface area (Å²) in [4.78, 5) is 0. The Hall–Kier alpha value is 0.310. The summed E-state index contributed by atoms with van der Waals surface area (Å²) in [6, 6.07) is 0. The molecule has 2 heteroatoms. The third-order valence-electron chi connectivity index (χ3n) is 2.50. The predicted octanol–water partition coefficient (Wildman–Crippen LogP) is 2.40. The van der Waals surface area contributed by atoms with Crippen molar-refractivity contribution >= 4 is 11.8 Å². The second-order valence-corrected chi connectivity index (χ2v) is 5.01. The van der Waals surface area contributed by atoms with Crippen molar-refractivity contribution in [2.75, 3.05) is 12.3 Å². The van der Waals surface area contributed by atoms with Gasteiger partial charge in [0, 0.05) is 11.3 Å². The fourth-order valence-electron chi connectivity index (χ4n) is 1.75. The molecule has 2 N–H and O–H groups in total. The van der Waals surface area contributed by atoms with E-state index in [1.54, 1.807) is 0 Å². The topological polar surface area (TPSA) is 26.0 Å². The zero-order chi connectivity index (χ0) is 8.16. The van der Waals surface area contributed by atoms with Crippen LogP contribution in [0.25, 0.3) is 0 Å². The lowest BCUT2D eigenvalue weighted by Gasteiger charge is -2.26. The molecule has 1 nitrogen and oxygen atoms in total. The van der Waals surface area contributed by atoms with Crippen LogP contribution >= 0.6 is 11.8 Å². The van der Waals surface area contributed by atoms with Gasteiger partial charge in [-0.2, -0.15) is 11.8 Å². The van der Waals surface area contributed by atoms with Gasteiger partial charge in [0.05, 0.1) is 0 Å². The highest BCUT2D eigenvalue weighted by molar-refractivity contribution is 8.00. The number of hydrogen-bond acceptors (Lipinski definition) is 2. The van der Waals surface area contributed by atoms with E-state index in [0.717, 1.165) is 6.54 Å². The molecule has 0 radical (unpaired) electrons. The van der Waals surface area contributed by atoms with Gasteiger partial charge in [-0.15, -0.1) is 0 Å². The van der Waals surface area contributed by atoms with E-state index >= 15 is 0 Å². The molecule has 0 aromatic carbocycles. The zero-order valence-corrected chi connectivity index (χ0v) is 8.25. The molecule has 0 aromatic heterocycles. The van der Waals surface area contributed by atoms with Crippen LogP contribution in [0.2, 0.25) is 0 Å². The summed E-state index contributed by atoms with van der Waals surface area (Å²) in [5.41, 5.74) is 5.79. The molecular weight excluding hydrogens is 154 g/mol. The summed E-state index contributed by atoms with van der Waals surface area (Å²) in [6.07, 6.45) is 6.79. The quantitative estimate of drug-likeness (QED) is 0.706. The number of rotatable bonds is 4. The molecule has 0 heterocycles. The Bertz CT molecular complexity index is 108. The summed E-state index contributed by atoms with van der Waals surface area (Å²) in [5, 5.41) is 0. The Balaban J connectivity index is 2.33. The second-order valence-electron chi connectivity index (χ2n) is 3.44. The fourth-order valence-corrected chi connectivity index (χ4v) is 3.08.